The van der Waals surface area contributed by atoms with E-state index in [1.165, 1.54) is 32.0 Å². The smallest absolute Gasteiger partial charge is 0.138 e. The van der Waals surface area contributed by atoms with Crippen LogP contribution in [-0.4, -0.2) is 16.5 Å². The van der Waals surface area contributed by atoms with E-state index in [2.05, 4.69) is 43.0 Å². The Morgan fingerprint density at radius 2 is 2.00 bits per heavy atom. The van der Waals surface area contributed by atoms with Crippen LogP contribution in [0.2, 0.25) is 5.15 Å². The minimum absolute atomic E-state index is 0.326. The zero-order chi connectivity index (χ0) is 14.3. The molecule has 4 heteroatoms. The summed E-state index contributed by atoms with van der Waals surface area (Å²) >= 11 is 6.17. The molecule has 108 valence electrons. The largest absolute Gasteiger partial charge is 0.369 e. The second-order valence-corrected chi connectivity index (χ2v) is 5.74. The molecule has 0 aromatic carbocycles. The first-order valence-electron chi connectivity index (χ1n) is 7.34. The Kier molecular flexibility index (Phi) is 7.14. The predicted octanol–water partition coefficient (Wildman–Crippen LogP) is 4.88. The molecule has 0 amide bonds. The molecule has 1 heterocycles. The quantitative estimate of drug-likeness (QED) is 0.691. The number of unbranched alkanes of at least 4 members (excludes halogenated alkanes) is 1. The van der Waals surface area contributed by atoms with Crippen LogP contribution in [0.25, 0.3) is 0 Å². The zero-order valence-corrected chi connectivity index (χ0v) is 13.3. The van der Waals surface area contributed by atoms with Gasteiger partial charge in [0.25, 0.3) is 0 Å². The third-order valence-electron chi connectivity index (χ3n) is 3.51. The van der Waals surface area contributed by atoms with Crippen molar-refractivity contribution in [3.63, 3.8) is 0 Å². The monoisotopic (exact) mass is 283 g/mol. The van der Waals surface area contributed by atoms with Crippen molar-refractivity contribution >= 4 is 17.4 Å². The molecule has 1 aromatic heterocycles. The third kappa shape index (κ3) is 4.98. The molecule has 1 aromatic rings. The summed E-state index contributed by atoms with van der Waals surface area (Å²) in [6.45, 7) is 9.68. The number of halogens is 1. The van der Waals surface area contributed by atoms with Crippen molar-refractivity contribution in [1.29, 1.82) is 0 Å². The second kappa shape index (κ2) is 8.36. The molecule has 0 saturated heterocycles. The average Bonchev–Trinajstić information content (AvgIpc) is 2.38. The van der Waals surface area contributed by atoms with Crippen molar-refractivity contribution in [3.8, 4) is 0 Å². The highest BCUT2D eigenvalue weighted by Crippen LogP contribution is 2.28. The first kappa shape index (κ1) is 16.2. The summed E-state index contributed by atoms with van der Waals surface area (Å²) in [6, 6.07) is 0. The van der Waals surface area contributed by atoms with Crippen molar-refractivity contribution < 1.29 is 0 Å². The fourth-order valence-corrected chi connectivity index (χ4v) is 2.56. The molecule has 3 nitrogen and oxygen atoms in total. The summed E-state index contributed by atoms with van der Waals surface area (Å²) in [7, 11) is 0. The number of hydrogen-bond donors (Lipinski definition) is 1. The van der Waals surface area contributed by atoms with Crippen LogP contribution in [0.1, 0.15) is 64.9 Å². The fraction of sp³-hybridized carbons (Fsp3) is 0.733. The van der Waals surface area contributed by atoms with Gasteiger partial charge in [-0.25, -0.2) is 9.97 Å². The lowest BCUT2D eigenvalue weighted by molar-refractivity contribution is 0.472. The lowest BCUT2D eigenvalue weighted by Crippen LogP contribution is -2.16. The van der Waals surface area contributed by atoms with Crippen LogP contribution in [0.5, 0.6) is 0 Å². The Labute approximate surface area is 122 Å². The summed E-state index contributed by atoms with van der Waals surface area (Å²) in [6.07, 6.45) is 6.55. The Bertz CT molecular complexity index is 380. The lowest BCUT2D eigenvalue weighted by atomic mass is 9.99. The van der Waals surface area contributed by atoms with Gasteiger partial charge in [-0.2, -0.15) is 0 Å². The van der Waals surface area contributed by atoms with Crippen molar-refractivity contribution in [1.82, 2.24) is 9.97 Å². The molecule has 0 saturated carbocycles. The van der Waals surface area contributed by atoms with E-state index in [0.29, 0.717) is 17.0 Å². The number of aromatic nitrogens is 2. The van der Waals surface area contributed by atoms with Crippen LogP contribution in [0.3, 0.4) is 0 Å². The van der Waals surface area contributed by atoms with Crippen LogP contribution in [0, 0.1) is 5.92 Å². The number of nitrogens with one attached hydrogen (secondary N) is 1. The summed E-state index contributed by atoms with van der Waals surface area (Å²) in [5.41, 5.74) is 1.02. The maximum Gasteiger partial charge on any atom is 0.138 e. The minimum Gasteiger partial charge on any atom is -0.369 e. The van der Waals surface area contributed by atoms with Gasteiger partial charge in [-0.15, -0.1) is 0 Å². The van der Waals surface area contributed by atoms with E-state index < -0.39 is 0 Å². The van der Waals surface area contributed by atoms with Gasteiger partial charge in [-0.1, -0.05) is 58.6 Å². The van der Waals surface area contributed by atoms with Crippen LogP contribution < -0.4 is 5.32 Å². The van der Waals surface area contributed by atoms with Gasteiger partial charge in [0.2, 0.25) is 0 Å². The molecule has 0 radical (unpaired) electrons. The molecule has 0 aliphatic carbocycles. The molecule has 0 aliphatic rings. The molecule has 1 unspecified atom stereocenters. The van der Waals surface area contributed by atoms with E-state index in [9.17, 15) is 0 Å². The normalized spacial score (nSPS) is 12.7. The highest BCUT2D eigenvalue weighted by atomic mass is 35.5. The van der Waals surface area contributed by atoms with Gasteiger partial charge in [0, 0.05) is 12.1 Å². The SMILES string of the molecule is CCCCC(CC)CNc1ncnc(Cl)c1C(C)C. The topological polar surface area (TPSA) is 37.8 Å². The first-order valence-corrected chi connectivity index (χ1v) is 7.72. The summed E-state index contributed by atoms with van der Waals surface area (Å²) in [5, 5.41) is 4.02. The van der Waals surface area contributed by atoms with E-state index >= 15 is 0 Å². The van der Waals surface area contributed by atoms with Gasteiger partial charge in [0.1, 0.15) is 17.3 Å². The highest BCUT2D eigenvalue weighted by molar-refractivity contribution is 6.30. The van der Waals surface area contributed by atoms with Gasteiger partial charge in [0.05, 0.1) is 0 Å². The predicted molar refractivity (Wildman–Crippen MR) is 82.9 cm³/mol. The molecule has 0 fully saturated rings. The Morgan fingerprint density at radius 3 is 2.58 bits per heavy atom. The Hall–Kier alpha value is -0.830. The van der Waals surface area contributed by atoms with E-state index in [1.807, 2.05) is 0 Å². The summed E-state index contributed by atoms with van der Waals surface area (Å²) in [5.74, 6) is 1.92. The average molecular weight is 284 g/mol. The molecular formula is C15H26ClN3. The standard InChI is InChI=1S/C15H26ClN3/c1-5-7-8-12(6-2)9-17-15-13(11(3)4)14(16)18-10-19-15/h10-12H,5-9H2,1-4H3,(H,17,18,19). The van der Waals surface area contributed by atoms with Gasteiger partial charge in [-0.05, 0) is 18.3 Å². The van der Waals surface area contributed by atoms with E-state index in [0.717, 1.165) is 17.9 Å². The maximum atomic E-state index is 6.17. The lowest BCUT2D eigenvalue weighted by Gasteiger charge is -2.18. The van der Waals surface area contributed by atoms with Gasteiger partial charge < -0.3 is 5.32 Å². The Morgan fingerprint density at radius 1 is 1.26 bits per heavy atom. The molecule has 1 N–H and O–H groups in total. The van der Waals surface area contributed by atoms with Gasteiger partial charge >= 0.3 is 0 Å². The molecule has 19 heavy (non-hydrogen) atoms. The fourth-order valence-electron chi connectivity index (χ4n) is 2.21. The van der Waals surface area contributed by atoms with Crippen molar-refractivity contribution in [2.24, 2.45) is 5.92 Å². The number of hydrogen-bond acceptors (Lipinski definition) is 3. The minimum atomic E-state index is 0.326. The molecule has 0 spiro atoms. The van der Waals surface area contributed by atoms with Gasteiger partial charge in [0.15, 0.2) is 0 Å². The molecule has 1 atom stereocenters. The Balaban J connectivity index is 2.68. The number of nitrogens with zero attached hydrogens (tertiary/aromatic N) is 2. The van der Waals surface area contributed by atoms with E-state index in [1.54, 1.807) is 0 Å². The van der Waals surface area contributed by atoms with Crippen LogP contribution in [0.4, 0.5) is 5.82 Å². The van der Waals surface area contributed by atoms with Crippen molar-refractivity contribution in [3.05, 3.63) is 17.0 Å². The van der Waals surface area contributed by atoms with Crippen molar-refractivity contribution in [2.45, 2.75) is 59.3 Å². The van der Waals surface area contributed by atoms with E-state index in [4.69, 9.17) is 11.6 Å². The van der Waals surface area contributed by atoms with Crippen LogP contribution in [0.15, 0.2) is 6.33 Å². The van der Waals surface area contributed by atoms with E-state index in [-0.39, 0.29) is 0 Å². The molecule has 1 rings (SSSR count). The van der Waals surface area contributed by atoms with Crippen LogP contribution >= 0.6 is 11.6 Å². The molecule has 0 bridgehead atoms. The van der Waals surface area contributed by atoms with Crippen molar-refractivity contribution in [2.75, 3.05) is 11.9 Å². The summed E-state index contributed by atoms with van der Waals surface area (Å²) < 4.78 is 0. The maximum absolute atomic E-state index is 6.17. The first-order chi connectivity index (χ1) is 9.10. The number of anilines is 1. The highest BCUT2D eigenvalue weighted by Gasteiger charge is 2.14. The van der Waals surface area contributed by atoms with Crippen LogP contribution in [-0.2, 0) is 0 Å². The van der Waals surface area contributed by atoms with Gasteiger partial charge in [-0.3, -0.25) is 0 Å². The zero-order valence-electron chi connectivity index (χ0n) is 12.5. The third-order valence-corrected chi connectivity index (χ3v) is 3.82. The second-order valence-electron chi connectivity index (χ2n) is 5.38. The molecular weight excluding hydrogens is 258 g/mol. The molecule has 0 aliphatic heterocycles. The summed E-state index contributed by atoms with van der Waals surface area (Å²) in [4.78, 5) is 8.41. The number of rotatable bonds is 8.